The lowest BCUT2D eigenvalue weighted by Gasteiger charge is -2.00. The zero-order chi connectivity index (χ0) is 12.8. The van der Waals surface area contributed by atoms with Gasteiger partial charge in [-0.1, -0.05) is 38.5 Å². The number of carbonyl (C=O) groups excluding carboxylic acids is 1. The van der Waals surface area contributed by atoms with Crippen LogP contribution in [0.25, 0.3) is 0 Å². The summed E-state index contributed by atoms with van der Waals surface area (Å²) >= 11 is 0. The monoisotopic (exact) mass is 238 g/mol. The van der Waals surface area contributed by atoms with Gasteiger partial charge in [0.2, 0.25) is 0 Å². The van der Waals surface area contributed by atoms with Crippen LogP contribution >= 0.6 is 0 Å². The molecule has 0 rings (SSSR count). The Morgan fingerprint density at radius 2 is 1.71 bits per heavy atom. The van der Waals surface area contributed by atoms with E-state index in [1.54, 1.807) is 0 Å². The molecule has 0 aromatic heterocycles. The van der Waals surface area contributed by atoms with Gasteiger partial charge >= 0.3 is 5.97 Å². The van der Waals surface area contributed by atoms with Crippen LogP contribution in [0.1, 0.15) is 58.3 Å². The number of hydrogen-bond donors (Lipinski definition) is 0. The van der Waals surface area contributed by atoms with E-state index >= 15 is 0 Å². The molecule has 0 heterocycles. The summed E-state index contributed by atoms with van der Waals surface area (Å²) in [5, 5.41) is 0. The standard InChI is InChI=1S/C15H26O2/c1-3-5-6-7-8-9-10-11-12-13-14-17-15(16)4-2/h4,8-9H,2-3,5-7,10-14H2,1H3/b9-8+. The summed E-state index contributed by atoms with van der Waals surface area (Å²) < 4.78 is 4.89. The largest absolute Gasteiger partial charge is 0.463 e. The van der Waals surface area contributed by atoms with E-state index in [9.17, 15) is 4.79 Å². The van der Waals surface area contributed by atoms with Crippen LogP contribution in [-0.4, -0.2) is 12.6 Å². The Morgan fingerprint density at radius 3 is 2.29 bits per heavy atom. The Labute approximate surface area is 106 Å². The molecule has 0 spiro atoms. The Balaban J connectivity index is 3.12. The van der Waals surface area contributed by atoms with Gasteiger partial charge in [-0.25, -0.2) is 4.79 Å². The maximum Gasteiger partial charge on any atom is 0.330 e. The molecule has 0 saturated heterocycles. The summed E-state index contributed by atoms with van der Waals surface area (Å²) in [4.78, 5) is 10.7. The number of allylic oxidation sites excluding steroid dienone is 2. The van der Waals surface area contributed by atoms with Crippen molar-refractivity contribution in [3.05, 3.63) is 24.8 Å². The van der Waals surface area contributed by atoms with Crippen molar-refractivity contribution in [1.82, 2.24) is 0 Å². The molecular formula is C15H26O2. The van der Waals surface area contributed by atoms with Crippen LogP contribution in [0.3, 0.4) is 0 Å². The van der Waals surface area contributed by atoms with Crippen molar-refractivity contribution >= 4 is 5.97 Å². The number of unbranched alkanes of at least 4 members (excludes halogenated alkanes) is 6. The lowest BCUT2D eigenvalue weighted by molar-refractivity contribution is -0.137. The number of rotatable bonds is 11. The molecule has 0 amide bonds. The highest BCUT2D eigenvalue weighted by Crippen LogP contribution is 2.04. The Bertz CT molecular complexity index is 219. The van der Waals surface area contributed by atoms with Crippen LogP contribution < -0.4 is 0 Å². The SMILES string of the molecule is C=CC(=O)OCCCCC/C=C/CCCCC. The number of ether oxygens (including phenoxy) is 1. The second kappa shape index (κ2) is 13.0. The molecule has 0 unspecified atom stereocenters. The molecular weight excluding hydrogens is 212 g/mol. The Kier molecular flexibility index (Phi) is 12.2. The van der Waals surface area contributed by atoms with Crippen LogP contribution in [0.5, 0.6) is 0 Å². The third-order valence-electron chi connectivity index (χ3n) is 2.57. The van der Waals surface area contributed by atoms with E-state index in [-0.39, 0.29) is 5.97 Å². The van der Waals surface area contributed by atoms with Crippen molar-refractivity contribution < 1.29 is 9.53 Å². The highest BCUT2D eigenvalue weighted by Gasteiger charge is 1.94. The van der Waals surface area contributed by atoms with Crippen molar-refractivity contribution in [2.45, 2.75) is 58.3 Å². The van der Waals surface area contributed by atoms with E-state index in [0.717, 1.165) is 19.3 Å². The molecule has 0 saturated carbocycles. The molecule has 0 aliphatic rings. The second-order valence-electron chi connectivity index (χ2n) is 4.19. The summed E-state index contributed by atoms with van der Waals surface area (Å²) in [5.74, 6) is -0.319. The van der Waals surface area contributed by atoms with Gasteiger partial charge in [-0.2, -0.15) is 0 Å². The molecule has 0 N–H and O–H groups in total. The van der Waals surface area contributed by atoms with Crippen molar-refractivity contribution in [2.24, 2.45) is 0 Å². The van der Waals surface area contributed by atoms with Crippen molar-refractivity contribution in [1.29, 1.82) is 0 Å². The lowest BCUT2D eigenvalue weighted by atomic mass is 10.1. The molecule has 0 radical (unpaired) electrons. The summed E-state index contributed by atoms with van der Waals surface area (Å²) in [6.45, 7) is 6.09. The van der Waals surface area contributed by atoms with E-state index < -0.39 is 0 Å². The molecule has 0 atom stereocenters. The third-order valence-corrected chi connectivity index (χ3v) is 2.57. The van der Waals surface area contributed by atoms with Gasteiger partial charge in [-0.15, -0.1) is 0 Å². The fourth-order valence-electron chi connectivity index (χ4n) is 1.52. The average Bonchev–Trinajstić information content (AvgIpc) is 2.35. The zero-order valence-corrected chi connectivity index (χ0v) is 11.1. The smallest absolute Gasteiger partial charge is 0.330 e. The van der Waals surface area contributed by atoms with E-state index in [1.165, 1.54) is 38.2 Å². The molecule has 2 heteroatoms. The first-order valence-corrected chi connectivity index (χ1v) is 6.75. The van der Waals surface area contributed by atoms with Gasteiger partial charge in [-0.3, -0.25) is 0 Å². The molecule has 0 aromatic rings. The third kappa shape index (κ3) is 12.9. The lowest BCUT2D eigenvalue weighted by Crippen LogP contribution is -2.01. The number of esters is 1. The zero-order valence-electron chi connectivity index (χ0n) is 11.1. The van der Waals surface area contributed by atoms with Crippen molar-refractivity contribution in [3.8, 4) is 0 Å². The molecule has 2 nitrogen and oxygen atoms in total. The number of hydrogen-bond acceptors (Lipinski definition) is 2. The van der Waals surface area contributed by atoms with Gasteiger partial charge < -0.3 is 4.74 Å². The fourth-order valence-corrected chi connectivity index (χ4v) is 1.52. The Hall–Kier alpha value is -1.05. The molecule has 17 heavy (non-hydrogen) atoms. The van der Waals surface area contributed by atoms with Crippen LogP contribution in [0, 0.1) is 0 Å². The average molecular weight is 238 g/mol. The minimum Gasteiger partial charge on any atom is -0.463 e. The van der Waals surface area contributed by atoms with E-state index in [1.807, 2.05) is 0 Å². The van der Waals surface area contributed by atoms with Gasteiger partial charge in [0.25, 0.3) is 0 Å². The van der Waals surface area contributed by atoms with Gasteiger partial charge in [0.15, 0.2) is 0 Å². The van der Waals surface area contributed by atoms with Gasteiger partial charge in [0.05, 0.1) is 6.61 Å². The predicted molar refractivity (Wildman–Crippen MR) is 72.9 cm³/mol. The van der Waals surface area contributed by atoms with Crippen LogP contribution in [-0.2, 0) is 9.53 Å². The van der Waals surface area contributed by atoms with E-state index in [0.29, 0.717) is 6.61 Å². The van der Waals surface area contributed by atoms with E-state index in [4.69, 9.17) is 4.74 Å². The van der Waals surface area contributed by atoms with Gasteiger partial charge in [-0.05, 0) is 38.5 Å². The second-order valence-corrected chi connectivity index (χ2v) is 4.19. The van der Waals surface area contributed by atoms with Crippen LogP contribution in [0.2, 0.25) is 0 Å². The van der Waals surface area contributed by atoms with Gasteiger partial charge in [0, 0.05) is 6.08 Å². The summed E-state index contributed by atoms with van der Waals surface area (Å²) in [6.07, 6.45) is 15.3. The van der Waals surface area contributed by atoms with Crippen LogP contribution in [0.4, 0.5) is 0 Å². The molecule has 0 aromatic carbocycles. The summed E-state index contributed by atoms with van der Waals surface area (Å²) in [5.41, 5.74) is 0. The van der Waals surface area contributed by atoms with Crippen molar-refractivity contribution in [2.75, 3.05) is 6.61 Å². The summed E-state index contributed by atoms with van der Waals surface area (Å²) in [6, 6.07) is 0. The highest BCUT2D eigenvalue weighted by atomic mass is 16.5. The topological polar surface area (TPSA) is 26.3 Å². The van der Waals surface area contributed by atoms with Crippen LogP contribution in [0.15, 0.2) is 24.8 Å². The van der Waals surface area contributed by atoms with Gasteiger partial charge in [0.1, 0.15) is 0 Å². The minimum absolute atomic E-state index is 0.319. The molecule has 0 bridgehead atoms. The maximum atomic E-state index is 10.7. The number of carbonyl (C=O) groups is 1. The van der Waals surface area contributed by atoms with E-state index in [2.05, 4.69) is 25.7 Å². The minimum atomic E-state index is -0.319. The normalized spacial score (nSPS) is 10.6. The molecule has 0 fully saturated rings. The molecule has 0 aliphatic heterocycles. The van der Waals surface area contributed by atoms with Crippen molar-refractivity contribution in [3.63, 3.8) is 0 Å². The molecule has 98 valence electrons. The maximum absolute atomic E-state index is 10.7. The first kappa shape index (κ1) is 16.0. The quantitative estimate of drug-likeness (QED) is 0.231. The predicted octanol–water partition coefficient (Wildman–Crippen LogP) is 4.41. The summed E-state index contributed by atoms with van der Waals surface area (Å²) in [7, 11) is 0. The first-order valence-electron chi connectivity index (χ1n) is 6.75. The molecule has 0 aliphatic carbocycles. The Morgan fingerprint density at radius 1 is 1.06 bits per heavy atom. The highest BCUT2D eigenvalue weighted by molar-refractivity contribution is 5.81. The first-order chi connectivity index (χ1) is 8.31. The fraction of sp³-hybridized carbons (Fsp3) is 0.667.